The molecule has 8 nitrogen and oxygen atoms in total. The number of nitrogens with zero attached hydrogens (tertiary/aromatic N) is 4. The van der Waals surface area contributed by atoms with E-state index in [4.69, 9.17) is 37.7 Å². The second kappa shape index (κ2) is 19.2. The fourth-order valence-electron chi connectivity index (χ4n) is 7.29. The molecule has 4 heterocycles. The standard InChI is InChI=1S/C40H44Cl2F6N6O2/c1-55-32-20-23(6-7-24(32)21-50-26-11-16-53(17-12-26)38(47)36(43)44)35-34(42)29(10-15-49-35)28-4-3-5-30(33(28)41)31-9-8-25(40(52-31)56-2)22-51-27-13-18-54(19-14-27)39(48)37(45)46/h3-10,15,20,26-27,36-39,50-51H,11-14,16-19,21-22H2,1-2H3. The van der Waals surface area contributed by atoms with Crippen molar-refractivity contribution in [1.82, 2.24) is 30.4 Å². The van der Waals surface area contributed by atoms with E-state index in [1.54, 1.807) is 19.4 Å². The summed E-state index contributed by atoms with van der Waals surface area (Å²) in [5, 5.41) is 7.67. The van der Waals surface area contributed by atoms with Crippen molar-refractivity contribution in [2.75, 3.05) is 40.4 Å². The number of ether oxygens (including phenoxy) is 2. The number of likely N-dealkylation sites (tertiary alicyclic amines) is 2. The molecule has 6 rings (SSSR count). The van der Waals surface area contributed by atoms with Crippen LogP contribution in [0.15, 0.2) is 60.8 Å². The maximum absolute atomic E-state index is 13.8. The zero-order chi connectivity index (χ0) is 39.9. The zero-order valence-electron chi connectivity index (χ0n) is 30.9. The van der Waals surface area contributed by atoms with E-state index in [-0.39, 0.29) is 38.3 Å². The molecule has 4 aromatic rings. The minimum Gasteiger partial charge on any atom is -0.496 e. The summed E-state index contributed by atoms with van der Waals surface area (Å²) in [4.78, 5) is 11.7. The van der Waals surface area contributed by atoms with Gasteiger partial charge in [-0.1, -0.05) is 59.6 Å². The van der Waals surface area contributed by atoms with E-state index in [1.807, 2.05) is 48.5 Å². The molecule has 0 spiro atoms. The lowest BCUT2D eigenvalue weighted by Gasteiger charge is -2.34. The van der Waals surface area contributed by atoms with Crippen LogP contribution in [0.2, 0.25) is 10.0 Å². The van der Waals surface area contributed by atoms with E-state index in [0.717, 1.165) is 16.7 Å². The van der Waals surface area contributed by atoms with Gasteiger partial charge in [0.1, 0.15) is 5.75 Å². The first-order valence-corrected chi connectivity index (χ1v) is 19.2. The molecule has 0 saturated carbocycles. The molecule has 2 saturated heterocycles. The average molecular weight is 826 g/mol. The molecule has 302 valence electrons. The number of nitrogens with one attached hydrogen (secondary N) is 2. The highest BCUT2D eigenvalue weighted by Gasteiger charge is 2.32. The predicted molar refractivity (Wildman–Crippen MR) is 206 cm³/mol. The lowest BCUT2D eigenvalue weighted by molar-refractivity contribution is -0.0584. The normalized spacial score (nSPS) is 17.4. The number of aromatic nitrogens is 2. The molecule has 16 heteroatoms. The smallest absolute Gasteiger partial charge is 0.282 e. The van der Waals surface area contributed by atoms with Gasteiger partial charge in [-0.3, -0.25) is 14.8 Å². The highest BCUT2D eigenvalue weighted by atomic mass is 35.5. The van der Waals surface area contributed by atoms with Crippen LogP contribution in [0.25, 0.3) is 33.6 Å². The number of halogens is 8. The predicted octanol–water partition coefficient (Wildman–Crippen LogP) is 9.03. The molecule has 2 fully saturated rings. The Hall–Kier alpha value is -3.66. The summed E-state index contributed by atoms with van der Waals surface area (Å²) < 4.78 is 90.0. The number of methoxy groups -OCH3 is 2. The summed E-state index contributed by atoms with van der Waals surface area (Å²) in [7, 11) is 3.10. The van der Waals surface area contributed by atoms with Crippen molar-refractivity contribution in [2.45, 2.75) is 76.3 Å². The quantitative estimate of drug-likeness (QED) is 0.0910. The molecule has 0 amide bonds. The monoisotopic (exact) mass is 824 g/mol. The third-order valence-corrected chi connectivity index (χ3v) is 11.3. The van der Waals surface area contributed by atoms with Gasteiger partial charge in [0.05, 0.1) is 35.7 Å². The molecule has 2 aliphatic rings. The number of hydrogen-bond acceptors (Lipinski definition) is 8. The van der Waals surface area contributed by atoms with E-state index in [0.29, 0.717) is 88.5 Å². The van der Waals surface area contributed by atoms with Gasteiger partial charge in [-0.25, -0.2) is 31.3 Å². The zero-order valence-corrected chi connectivity index (χ0v) is 32.4. The second-order valence-corrected chi connectivity index (χ2v) is 14.6. The van der Waals surface area contributed by atoms with Gasteiger partial charge in [0.2, 0.25) is 18.5 Å². The van der Waals surface area contributed by atoms with Gasteiger partial charge >= 0.3 is 0 Å². The maximum atomic E-state index is 13.8. The molecular formula is C40H44Cl2F6N6O2. The minimum absolute atomic E-state index is 0.0371. The summed E-state index contributed by atoms with van der Waals surface area (Å²) in [5.74, 6) is 1.01. The summed E-state index contributed by atoms with van der Waals surface area (Å²) >= 11 is 14.1. The van der Waals surface area contributed by atoms with E-state index < -0.39 is 25.4 Å². The van der Waals surface area contributed by atoms with Crippen LogP contribution in [0.3, 0.4) is 0 Å². The van der Waals surface area contributed by atoms with Crippen LogP contribution in [0, 0.1) is 0 Å². The number of benzene rings is 2. The number of hydrogen-bond donors (Lipinski definition) is 2. The molecule has 2 atom stereocenters. The van der Waals surface area contributed by atoms with Crippen molar-refractivity contribution in [3.05, 3.63) is 82.0 Å². The molecule has 0 radical (unpaired) electrons. The number of piperidine rings is 2. The highest BCUT2D eigenvalue weighted by Crippen LogP contribution is 2.42. The van der Waals surface area contributed by atoms with E-state index in [2.05, 4.69) is 15.6 Å². The minimum atomic E-state index is -3.02. The van der Waals surface area contributed by atoms with Gasteiger partial charge in [0, 0.05) is 90.9 Å². The molecule has 0 bridgehead atoms. The van der Waals surface area contributed by atoms with Crippen LogP contribution in [0.5, 0.6) is 11.6 Å². The molecule has 2 N–H and O–H groups in total. The lowest BCUT2D eigenvalue weighted by Crippen LogP contribution is -2.47. The fraction of sp³-hybridized carbons (Fsp3) is 0.450. The first kappa shape index (κ1) is 42.0. The molecule has 2 aromatic carbocycles. The van der Waals surface area contributed by atoms with Crippen molar-refractivity contribution < 1.29 is 35.8 Å². The molecule has 0 aliphatic carbocycles. The van der Waals surface area contributed by atoms with Crippen LogP contribution in [-0.2, 0) is 13.1 Å². The van der Waals surface area contributed by atoms with Gasteiger partial charge in [-0.2, -0.15) is 0 Å². The third kappa shape index (κ3) is 9.71. The van der Waals surface area contributed by atoms with Gasteiger partial charge in [-0.15, -0.1) is 0 Å². The number of alkyl halides is 6. The van der Waals surface area contributed by atoms with Crippen LogP contribution in [0.1, 0.15) is 36.8 Å². The van der Waals surface area contributed by atoms with Crippen molar-refractivity contribution in [3.63, 3.8) is 0 Å². The van der Waals surface area contributed by atoms with Crippen molar-refractivity contribution in [1.29, 1.82) is 0 Å². The van der Waals surface area contributed by atoms with Crippen molar-refractivity contribution >= 4 is 23.2 Å². The summed E-state index contributed by atoms with van der Waals surface area (Å²) in [6.07, 6.45) is -6.67. The highest BCUT2D eigenvalue weighted by molar-refractivity contribution is 6.39. The van der Waals surface area contributed by atoms with E-state index in [1.165, 1.54) is 16.9 Å². The second-order valence-electron chi connectivity index (χ2n) is 13.9. The fourth-order valence-corrected chi connectivity index (χ4v) is 7.93. The Balaban J connectivity index is 1.14. The van der Waals surface area contributed by atoms with Gasteiger partial charge in [0.15, 0.2) is 0 Å². The topological polar surface area (TPSA) is 74.8 Å². The molecule has 2 aromatic heterocycles. The third-order valence-electron chi connectivity index (χ3n) is 10.5. The van der Waals surface area contributed by atoms with Gasteiger partial charge < -0.3 is 20.1 Å². The molecule has 56 heavy (non-hydrogen) atoms. The molecular weight excluding hydrogens is 781 g/mol. The Kier molecular flexibility index (Phi) is 14.4. The van der Waals surface area contributed by atoms with Gasteiger partial charge in [-0.05, 0) is 43.9 Å². The Labute approximate surface area is 332 Å². The Morgan fingerprint density at radius 1 is 0.696 bits per heavy atom. The Bertz CT molecular complexity index is 1790. The van der Waals surface area contributed by atoms with Crippen LogP contribution in [-0.4, -0.2) is 97.7 Å². The SMILES string of the molecule is COc1cc(-c2nccc(-c3cccc(-c4ccc(CNC5CCN(C(F)C(F)F)CC5)c(OC)n4)c3Cl)c2Cl)ccc1CNC1CCN(C(F)C(F)F)CC1. The largest absolute Gasteiger partial charge is 0.496 e. The van der Waals surface area contributed by atoms with E-state index in [9.17, 15) is 26.3 Å². The maximum Gasteiger partial charge on any atom is 0.282 e. The van der Waals surface area contributed by atoms with Crippen molar-refractivity contribution in [2.24, 2.45) is 0 Å². The summed E-state index contributed by atoms with van der Waals surface area (Å²) in [6.45, 7) is 1.89. The van der Waals surface area contributed by atoms with Crippen LogP contribution < -0.4 is 20.1 Å². The summed E-state index contributed by atoms with van der Waals surface area (Å²) in [5.41, 5.74) is 5.49. The molecule has 2 unspecified atom stereocenters. The van der Waals surface area contributed by atoms with Gasteiger partial charge in [0.25, 0.3) is 12.9 Å². The van der Waals surface area contributed by atoms with Crippen LogP contribution in [0.4, 0.5) is 26.3 Å². The first-order valence-electron chi connectivity index (χ1n) is 18.4. The number of pyridine rings is 2. The Morgan fingerprint density at radius 3 is 1.82 bits per heavy atom. The van der Waals surface area contributed by atoms with E-state index >= 15 is 0 Å². The number of rotatable bonds is 15. The van der Waals surface area contributed by atoms with Crippen LogP contribution >= 0.6 is 23.2 Å². The summed E-state index contributed by atoms with van der Waals surface area (Å²) in [6, 6.07) is 16.9. The lowest BCUT2D eigenvalue weighted by atomic mass is 9.99. The average Bonchev–Trinajstić information content (AvgIpc) is 3.22. The van der Waals surface area contributed by atoms with Crippen molar-refractivity contribution in [3.8, 4) is 45.3 Å². The first-order chi connectivity index (χ1) is 27.0. The Morgan fingerprint density at radius 2 is 1.25 bits per heavy atom. The molecule has 2 aliphatic heterocycles.